The lowest BCUT2D eigenvalue weighted by atomic mass is 10.2. The molecule has 0 bridgehead atoms. The van der Waals surface area contributed by atoms with Crippen molar-refractivity contribution in [3.8, 4) is 0 Å². The third kappa shape index (κ3) is 1.89. The first-order chi connectivity index (χ1) is 7.92. The van der Waals surface area contributed by atoms with Crippen LogP contribution in [0.4, 0.5) is 11.4 Å². The topological polar surface area (TPSA) is 24.9 Å². The molecule has 0 aliphatic heterocycles. The Kier molecular flexibility index (Phi) is 2.52. The van der Waals surface area contributed by atoms with Crippen LogP contribution in [0.25, 0.3) is 10.2 Å². The summed E-state index contributed by atoms with van der Waals surface area (Å²) in [5, 5.41) is 3.36. The van der Waals surface area contributed by atoms with Gasteiger partial charge in [-0.15, -0.1) is 4.37 Å². The molecule has 0 fully saturated rings. The lowest BCUT2D eigenvalue weighted by Gasteiger charge is -2.04. The molecular weight excluding hydrogens is 236 g/mol. The highest BCUT2D eigenvalue weighted by molar-refractivity contribution is 7.69. The Hall–Kier alpha value is -1.52. The minimum atomic E-state index is 1.07. The highest BCUT2D eigenvalue weighted by atomic mass is 32.9. The van der Waals surface area contributed by atoms with Crippen LogP contribution < -0.4 is 5.32 Å². The maximum atomic E-state index is 4.34. The molecule has 0 atom stereocenters. The van der Waals surface area contributed by atoms with E-state index < -0.39 is 0 Å². The largest absolute Gasteiger partial charge is 0.355 e. The molecule has 3 aromatic rings. The zero-order valence-electron chi connectivity index (χ0n) is 8.38. The Morgan fingerprint density at radius 1 is 1.00 bits per heavy atom. The minimum Gasteiger partial charge on any atom is -0.355 e. The van der Waals surface area contributed by atoms with Crippen LogP contribution in [-0.4, -0.2) is 4.37 Å². The molecule has 78 valence electrons. The van der Waals surface area contributed by atoms with Gasteiger partial charge in [-0.25, -0.2) is 0 Å². The van der Waals surface area contributed by atoms with E-state index in [2.05, 4.69) is 27.9 Å². The van der Waals surface area contributed by atoms with Gasteiger partial charge in [-0.3, -0.25) is 0 Å². The monoisotopic (exact) mass is 245 g/mol. The molecule has 2 aromatic carbocycles. The molecule has 0 amide bonds. The predicted molar refractivity (Wildman–Crippen MR) is 71.6 cm³/mol. The Bertz CT molecular complexity index is 604. The van der Waals surface area contributed by atoms with Crippen molar-refractivity contribution < 1.29 is 0 Å². The standard InChI is InChI=1S/C12H9N2S2/c1-2-4-9(5-3-1)13-10-6-7-12-11(8-10)14-16-15-12/h1-8,13H/q+1. The van der Waals surface area contributed by atoms with Crippen LogP contribution in [-0.2, 0) is 0 Å². The summed E-state index contributed by atoms with van der Waals surface area (Å²) in [7, 11) is 3.24. The second-order valence-corrected chi connectivity index (χ2v) is 5.31. The Morgan fingerprint density at radius 2 is 1.88 bits per heavy atom. The van der Waals surface area contributed by atoms with Gasteiger partial charge < -0.3 is 5.32 Å². The van der Waals surface area contributed by atoms with Crippen LogP contribution in [0, 0.1) is 0 Å². The lowest BCUT2D eigenvalue weighted by molar-refractivity contribution is 1.56. The molecule has 0 aliphatic carbocycles. The molecule has 0 radical (unpaired) electrons. The van der Waals surface area contributed by atoms with Crippen molar-refractivity contribution in [2.75, 3.05) is 5.32 Å². The maximum absolute atomic E-state index is 4.34. The SMILES string of the molecule is c1ccc(Nc2ccc3[s+]snc3c2)cc1. The summed E-state index contributed by atoms with van der Waals surface area (Å²) >= 11 is 0. The number of nitrogens with zero attached hydrogens (tertiary/aromatic N) is 1. The summed E-state index contributed by atoms with van der Waals surface area (Å²) in [5.41, 5.74) is 3.24. The summed E-state index contributed by atoms with van der Waals surface area (Å²) in [5.74, 6) is 0. The number of hydrogen-bond donors (Lipinski definition) is 1. The fourth-order valence-corrected chi connectivity index (χ4v) is 3.26. The quantitative estimate of drug-likeness (QED) is 0.535. The van der Waals surface area contributed by atoms with Gasteiger partial charge in [-0.1, -0.05) is 18.2 Å². The molecule has 16 heavy (non-hydrogen) atoms. The number of aromatic nitrogens is 1. The summed E-state index contributed by atoms with van der Waals surface area (Å²) < 4.78 is 5.58. The van der Waals surface area contributed by atoms with E-state index in [1.165, 1.54) is 15.2 Å². The van der Waals surface area contributed by atoms with Crippen LogP contribution >= 0.6 is 20.9 Å². The normalized spacial score (nSPS) is 10.5. The number of fused-ring (bicyclic) bond motifs is 1. The Labute approximate surface area is 101 Å². The summed E-state index contributed by atoms with van der Waals surface area (Å²) in [4.78, 5) is 0. The highest BCUT2D eigenvalue weighted by Crippen LogP contribution is 2.26. The van der Waals surface area contributed by atoms with Crippen molar-refractivity contribution in [3.05, 3.63) is 48.5 Å². The summed E-state index contributed by atoms with van der Waals surface area (Å²) in [6, 6.07) is 16.4. The van der Waals surface area contributed by atoms with Gasteiger partial charge in [0.2, 0.25) is 0 Å². The van der Waals surface area contributed by atoms with Gasteiger partial charge in [0.05, 0.1) is 0 Å². The Balaban J connectivity index is 1.94. The molecule has 0 aliphatic rings. The van der Waals surface area contributed by atoms with Gasteiger partial charge in [0.1, 0.15) is 5.52 Å². The van der Waals surface area contributed by atoms with Crippen molar-refractivity contribution in [3.63, 3.8) is 0 Å². The van der Waals surface area contributed by atoms with Crippen molar-refractivity contribution in [1.82, 2.24) is 4.37 Å². The van der Waals surface area contributed by atoms with Gasteiger partial charge in [-0.2, -0.15) is 0 Å². The highest BCUT2D eigenvalue weighted by Gasteiger charge is 2.09. The van der Waals surface area contributed by atoms with Crippen LogP contribution in [0.5, 0.6) is 0 Å². The van der Waals surface area contributed by atoms with Crippen LogP contribution in [0.1, 0.15) is 0 Å². The van der Waals surface area contributed by atoms with E-state index in [0.717, 1.165) is 16.9 Å². The van der Waals surface area contributed by atoms with Gasteiger partial charge >= 0.3 is 10.3 Å². The molecule has 0 saturated carbocycles. The molecule has 0 unspecified atom stereocenters. The molecule has 2 nitrogen and oxygen atoms in total. The van der Waals surface area contributed by atoms with E-state index in [0.29, 0.717) is 0 Å². The number of rotatable bonds is 2. The van der Waals surface area contributed by atoms with E-state index in [-0.39, 0.29) is 0 Å². The first-order valence-electron chi connectivity index (χ1n) is 4.93. The molecular formula is C12H9N2S2+. The van der Waals surface area contributed by atoms with Crippen molar-refractivity contribution in [2.24, 2.45) is 0 Å². The van der Waals surface area contributed by atoms with Gasteiger partial charge in [-0.05, 0) is 24.3 Å². The lowest BCUT2D eigenvalue weighted by Crippen LogP contribution is -1.88. The summed E-state index contributed by atoms with van der Waals surface area (Å²) in [6.07, 6.45) is 0. The predicted octanol–water partition coefficient (Wildman–Crippen LogP) is 4.38. The third-order valence-corrected chi connectivity index (χ3v) is 4.14. The number of benzene rings is 2. The maximum Gasteiger partial charge on any atom is 0.323 e. The molecule has 3 rings (SSSR count). The fourth-order valence-electron chi connectivity index (χ4n) is 1.52. The molecule has 0 spiro atoms. The minimum absolute atomic E-state index is 1.07. The second kappa shape index (κ2) is 4.15. The molecule has 1 aromatic heterocycles. The van der Waals surface area contributed by atoms with E-state index in [1.54, 1.807) is 10.3 Å². The molecule has 0 saturated heterocycles. The number of para-hydroxylation sites is 1. The van der Waals surface area contributed by atoms with Crippen molar-refractivity contribution >= 4 is 42.5 Å². The van der Waals surface area contributed by atoms with E-state index in [4.69, 9.17) is 0 Å². The second-order valence-electron chi connectivity index (χ2n) is 3.42. The average Bonchev–Trinajstić information content (AvgIpc) is 2.77. The number of hydrogen-bond acceptors (Lipinski definition) is 3. The van der Waals surface area contributed by atoms with Crippen LogP contribution in [0.3, 0.4) is 0 Å². The van der Waals surface area contributed by atoms with E-state index in [1.807, 2.05) is 30.3 Å². The molecule has 1 heterocycles. The fraction of sp³-hybridized carbons (Fsp3) is 0. The van der Waals surface area contributed by atoms with Crippen LogP contribution in [0.2, 0.25) is 0 Å². The Morgan fingerprint density at radius 3 is 2.75 bits per heavy atom. The van der Waals surface area contributed by atoms with E-state index in [9.17, 15) is 0 Å². The van der Waals surface area contributed by atoms with Crippen molar-refractivity contribution in [2.45, 2.75) is 0 Å². The third-order valence-electron chi connectivity index (χ3n) is 2.28. The van der Waals surface area contributed by atoms with Gasteiger partial charge in [0, 0.05) is 17.4 Å². The average molecular weight is 245 g/mol. The van der Waals surface area contributed by atoms with Gasteiger partial charge in [0.25, 0.3) is 15.2 Å². The number of nitrogens with one attached hydrogen (secondary N) is 1. The van der Waals surface area contributed by atoms with Gasteiger partial charge in [0.15, 0.2) is 0 Å². The first-order valence-corrected chi connectivity index (χ1v) is 7.03. The van der Waals surface area contributed by atoms with Crippen LogP contribution in [0.15, 0.2) is 48.5 Å². The van der Waals surface area contributed by atoms with Crippen molar-refractivity contribution in [1.29, 1.82) is 0 Å². The summed E-state index contributed by atoms with van der Waals surface area (Å²) in [6.45, 7) is 0. The number of anilines is 2. The van der Waals surface area contributed by atoms with E-state index >= 15 is 0 Å². The zero-order chi connectivity index (χ0) is 10.8. The zero-order valence-corrected chi connectivity index (χ0v) is 10.0. The molecule has 1 N–H and O–H groups in total. The first kappa shape index (κ1) is 9.69. The smallest absolute Gasteiger partial charge is 0.323 e. The molecule has 4 heteroatoms.